The highest BCUT2D eigenvalue weighted by molar-refractivity contribution is 6.05. The van der Waals surface area contributed by atoms with Gasteiger partial charge in [-0.2, -0.15) is 5.10 Å². The predicted molar refractivity (Wildman–Crippen MR) is 109 cm³/mol. The highest BCUT2D eigenvalue weighted by atomic mass is 19.1. The number of amides is 1. The van der Waals surface area contributed by atoms with Crippen LogP contribution in [0.5, 0.6) is 11.5 Å². The first-order valence-corrected chi connectivity index (χ1v) is 9.03. The largest absolute Gasteiger partial charge is 0.455 e. The van der Waals surface area contributed by atoms with Crippen molar-refractivity contribution in [3.8, 4) is 17.2 Å². The van der Waals surface area contributed by atoms with Crippen LogP contribution in [0.2, 0.25) is 0 Å². The van der Waals surface area contributed by atoms with E-state index >= 15 is 0 Å². The minimum absolute atomic E-state index is 0.270. The highest BCUT2D eigenvalue weighted by Crippen LogP contribution is 2.32. The fourth-order valence-corrected chi connectivity index (χ4v) is 2.89. The van der Waals surface area contributed by atoms with Gasteiger partial charge >= 0.3 is 0 Å². The van der Waals surface area contributed by atoms with Crippen LogP contribution in [0, 0.1) is 5.82 Å². The summed E-state index contributed by atoms with van der Waals surface area (Å²) >= 11 is 0. The van der Waals surface area contributed by atoms with Gasteiger partial charge in [-0.1, -0.05) is 30.3 Å². The average molecular weight is 387 g/mol. The van der Waals surface area contributed by atoms with Crippen molar-refractivity contribution in [1.82, 2.24) is 9.78 Å². The lowest BCUT2D eigenvalue weighted by Crippen LogP contribution is -2.27. The SMILES string of the molecule is CN(C(=O)c1ccn(-c2ccc(F)cc2)n1)c1ccccc1Oc1ccccc1. The van der Waals surface area contributed by atoms with Crippen LogP contribution in [0.25, 0.3) is 5.69 Å². The lowest BCUT2D eigenvalue weighted by Gasteiger charge is -2.19. The molecule has 0 saturated heterocycles. The Morgan fingerprint density at radius 3 is 2.38 bits per heavy atom. The van der Waals surface area contributed by atoms with Crippen LogP contribution in [-0.4, -0.2) is 22.7 Å². The lowest BCUT2D eigenvalue weighted by atomic mass is 10.2. The van der Waals surface area contributed by atoms with Gasteiger partial charge in [0.05, 0.1) is 11.4 Å². The fraction of sp³-hybridized carbons (Fsp3) is 0.0435. The second kappa shape index (κ2) is 7.98. The number of aromatic nitrogens is 2. The van der Waals surface area contributed by atoms with Crippen molar-refractivity contribution in [3.05, 3.63) is 103 Å². The lowest BCUT2D eigenvalue weighted by molar-refractivity contribution is 0.0987. The Balaban J connectivity index is 1.58. The van der Waals surface area contributed by atoms with E-state index in [0.717, 1.165) is 0 Å². The van der Waals surface area contributed by atoms with Crippen LogP contribution in [0.1, 0.15) is 10.5 Å². The smallest absolute Gasteiger partial charge is 0.278 e. The van der Waals surface area contributed by atoms with Crippen molar-refractivity contribution in [2.24, 2.45) is 0 Å². The van der Waals surface area contributed by atoms with Gasteiger partial charge < -0.3 is 9.64 Å². The zero-order valence-corrected chi connectivity index (χ0v) is 15.7. The normalized spacial score (nSPS) is 10.6. The number of hydrogen-bond donors (Lipinski definition) is 0. The summed E-state index contributed by atoms with van der Waals surface area (Å²) in [4.78, 5) is 14.5. The summed E-state index contributed by atoms with van der Waals surface area (Å²) in [6.07, 6.45) is 1.67. The molecule has 0 spiro atoms. The summed E-state index contributed by atoms with van der Waals surface area (Å²) < 4.78 is 20.6. The third kappa shape index (κ3) is 4.01. The number of carbonyl (C=O) groups excluding carboxylic acids is 1. The van der Waals surface area contributed by atoms with Crippen molar-refractivity contribution in [3.63, 3.8) is 0 Å². The number of halogens is 1. The van der Waals surface area contributed by atoms with E-state index < -0.39 is 0 Å². The first-order chi connectivity index (χ1) is 14.1. The summed E-state index contributed by atoms with van der Waals surface area (Å²) in [5, 5.41) is 4.33. The summed E-state index contributed by atoms with van der Waals surface area (Å²) in [6, 6.07) is 24.2. The van der Waals surface area contributed by atoms with Crippen LogP contribution in [0.3, 0.4) is 0 Å². The number of rotatable bonds is 5. The first-order valence-electron chi connectivity index (χ1n) is 9.03. The van der Waals surface area contributed by atoms with Gasteiger partial charge in [0.1, 0.15) is 11.6 Å². The molecule has 0 aliphatic carbocycles. The third-order valence-electron chi connectivity index (χ3n) is 4.40. The van der Waals surface area contributed by atoms with E-state index in [9.17, 15) is 9.18 Å². The Kier molecular flexibility index (Phi) is 5.07. The van der Waals surface area contributed by atoms with Gasteiger partial charge in [0.15, 0.2) is 11.4 Å². The third-order valence-corrected chi connectivity index (χ3v) is 4.40. The van der Waals surface area contributed by atoms with Crippen LogP contribution in [-0.2, 0) is 0 Å². The van der Waals surface area contributed by atoms with E-state index in [4.69, 9.17) is 4.74 Å². The molecule has 6 heteroatoms. The van der Waals surface area contributed by atoms with Crippen molar-refractivity contribution >= 4 is 11.6 Å². The Labute approximate surface area is 167 Å². The van der Waals surface area contributed by atoms with E-state index in [0.29, 0.717) is 22.9 Å². The molecule has 0 N–H and O–H groups in total. The van der Waals surface area contributed by atoms with E-state index in [2.05, 4.69) is 5.10 Å². The molecule has 0 aliphatic heterocycles. The summed E-state index contributed by atoms with van der Waals surface area (Å²) in [5.74, 6) is 0.635. The number of ether oxygens (including phenoxy) is 1. The Bertz CT molecular complexity index is 1120. The maximum atomic E-state index is 13.1. The molecule has 1 heterocycles. The van der Waals surface area contributed by atoms with Crippen LogP contribution in [0.15, 0.2) is 91.1 Å². The molecule has 4 rings (SSSR count). The second-order valence-corrected chi connectivity index (χ2v) is 6.37. The fourth-order valence-electron chi connectivity index (χ4n) is 2.89. The van der Waals surface area contributed by atoms with E-state index in [-0.39, 0.29) is 17.4 Å². The molecule has 5 nitrogen and oxygen atoms in total. The molecule has 29 heavy (non-hydrogen) atoms. The summed E-state index contributed by atoms with van der Waals surface area (Å²) in [6.45, 7) is 0. The van der Waals surface area contributed by atoms with Crippen LogP contribution in [0.4, 0.5) is 10.1 Å². The van der Waals surface area contributed by atoms with Gasteiger partial charge in [-0.15, -0.1) is 0 Å². The molecule has 0 fully saturated rings. The molecule has 0 atom stereocenters. The minimum Gasteiger partial charge on any atom is -0.455 e. The standard InChI is InChI=1S/C23H18FN3O2/c1-26(21-9-5-6-10-22(21)29-19-7-3-2-4-8-19)23(28)20-15-16-27(25-20)18-13-11-17(24)12-14-18/h2-16H,1H3. The number of benzene rings is 3. The van der Waals surface area contributed by atoms with Gasteiger partial charge in [-0.3, -0.25) is 4.79 Å². The van der Waals surface area contributed by atoms with Crippen molar-refractivity contribution in [2.45, 2.75) is 0 Å². The molecule has 1 amide bonds. The number of carbonyl (C=O) groups is 1. The average Bonchev–Trinajstić information content (AvgIpc) is 3.25. The zero-order chi connectivity index (χ0) is 20.2. The number of para-hydroxylation sites is 3. The quantitative estimate of drug-likeness (QED) is 0.480. The Hall–Kier alpha value is -3.93. The number of hydrogen-bond acceptors (Lipinski definition) is 3. The zero-order valence-electron chi connectivity index (χ0n) is 15.7. The van der Waals surface area contributed by atoms with Gasteiger partial charge in [0.2, 0.25) is 0 Å². The predicted octanol–water partition coefficient (Wildman–Crippen LogP) is 5.08. The summed E-state index contributed by atoms with van der Waals surface area (Å²) in [7, 11) is 1.67. The van der Waals surface area contributed by atoms with Gasteiger partial charge in [0.25, 0.3) is 5.91 Å². The molecule has 1 aromatic heterocycles. The maximum Gasteiger partial charge on any atom is 0.278 e. The second-order valence-electron chi connectivity index (χ2n) is 6.37. The van der Waals surface area contributed by atoms with Gasteiger partial charge in [-0.05, 0) is 54.6 Å². The van der Waals surface area contributed by atoms with Crippen molar-refractivity contribution in [1.29, 1.82) is 0 Å². The number of anilines is 1. The first kappa shape index (κ1) is 18.4. The molecule has 0 unspecified atom stereocenters. The van der Waals surface area contributed by atoms with Crippen LogP contribution >= 0.6 is 0 Å². The molecule has 3 aromatic carbocycles. The monoisotopic (exact) mass is 387 g/mol. The molecule has 0 radical (unpaired) electrons. The number of nitrogens with zero attached hydrogens (tertiary/aromatic N) is 3. The Morgan fingerprint density at radius 1 is 0.931 bits per heavy atom. The van der Waals surface area contributed by atoms with Crippen LogP contribution < -0.4 is 9.64 Å². The van der Waals surface area contributed by atoms with Gasteiger partial charge in [0, 0.05) is 13.2 Å². The van der Waals surface area contributed by atoms with Crippen molar-refractivity contribution < 1.29 is 13.9 Å². The Morgan fingerprint density at radius 2 is 1.62 bits per heavy atom. The molecular weight excluding hydrogens is 369 g/mol. The molecule has 4 aromatic rings. The molecule has 0 aliphatic rings. The summed E-state index contributed by atoms with van der Waals surface area (Å²) in [5.41, 5.74) is 1.56. The van der Waals surface area contributed by atoms with Crippen molar-refractivity contribution in [2.75, 3.05) is 11.9 Å². The highest BCUT2D eigenvalue weighted by Gasteiger charge is 2.20. The molecule has 0 saturated carbocycles. The maximum absolute atomic E-state index is 13.1. The van der Waals surface area contributed by atoms with E-state index in [1.54, 1.807) is 31.4 Å². The van der Waals surface area contributed by atoms with E-state index in [1.165, 1.54) is 21.7 Å². The molecular formula is C23H18FN3O2. The van der Waals surface area contributed by atoms with E-state index in [1.807, 2.05) is 54.6 Å². The molecule has 0 bridgehead atoms. The minimum atomic E-state index is -0.327. The topological polar surface area (TPSA) is 47.4 Å². The molecule has 144 valence electrons. The van der Waals surface area contributed by atoms with Gasteiger partial charge in [-0.25, -0.2) is 9.07 Å².